The summed E-state index contributed by atoms with van der Waals surface area (Å²) in [5.74, 6) is -5.96. The van der Waals surface area contributed by atoms with E-state index >= 15 is 0 Å². The highest BCUT2D eigenvalue weighted by molar-refractivity contribution is 5.94. The zero-order valence-electron chi connectivity index (χ0n) is 14.0. The topological polar surface area (TPSA) is 113 Å². The number of carboxylic acid groups (broad SMARTS) is 1. The number of nitro benzene ring substituents is 1. The number of nitrogens with one attached hydrogen (secondary N) is 1. The van der Waals surface area contributed by atoms with Crippen LogP contribution in [0, 0.1) is 22.0 Å². The molecule has 0 aromatic heterocycles. The summed E-state index contributed by atoms with van der Waals surface area (Å²) < 4.78 is 39.1. The molecule has 1 saturated heterocycles. The number of nitrogens with zero attached hydrogens (tertiary/aromatic N) is 2. The van der Waals surface area contributed by atoms with Gasteiger partial charge in [0.2, 0.25) is 5.91 Å². The molecule has 2 N–H and O–H groups in total. The molecule has 1 amide bonds. The lowest BCUT2D eigenvalue weighted by Gasteiger charge is -2.23. The first kappa shape index (κ1) is 22.6. The quantitative estimate of drug-likeness (QED) is 0.568. The molecule has 1 heterocycles. The van der Waals surface area contributed by atoms with Crippen LogP contribution in [0.1, 0.15) is 6.92 Å². The summed E-state index contributed by atoms with van der Waals surface area (Å²) in [6, 6.07) is 4.07. The Balaban J connectivity index is 0.00000364. The number of anilines is 1. The van der Waals surface area contributed by atoms with Crippen LogP contribution in [0.5, 0.6) is 0 Å². The number of nitro groups is 1. The molecular formula is C15H17ClF3N3O5. The first-order valence-corrected chi connectivity index (χ1v) is 7.59. The lowest BCUT2D eigenvalue weighted by molar-refractivity contribution is -0.384. The van der Waals surface area contributed by atoms with Gasteiger partial charge in [0.1, 0.15) is 0 Å². The summed E-state index contributed by atoms with van der Waals surface area (Å²) in [7, 11) is 0. The molecule has 3 atom stereocenters. The Labute approximate surface area is 157 Å². The van der Waals surface area contributed by atoms with Crippen molar-refractivity contribution in [3.05, 3.63) is 34.4 Å². The fourth-order valence-electron chi connectivity index (χ4n) is 2.84. The second-order valence-corrected chi connectivity index (χ2v) is 6.02. The van der Waals surface area contributed by atoms with E-state index in [2.05, 4.69) is 5.32 Å². The first-order chi connectivity index (χ1) is 12.0. The van der Waals surface area contributed by atoms with Gasteiger partial charge < -0.3 is 10.4 Å². The van der Waals surface area contributed by atoms with Crippen molar-refractivity contribution in [3.8, 4) is 0 Å². The molecule has 12 heteroatoms. The molecule has 2 rings (SSSR count). The minimum atomic E-state index is -4.69. The third-order valence-corrected chi connectivity index (χ3v) is 4.34. The Hall–Kier alpha value is -2.40. The van der Waals surface area contributed by atoms with Crippen LogP contribution in [0.2, 0.25) is 0 Å². The second-order valence-electron chi connectivity index (χ2n) is 6.02. The van der Waals surface area contributed by atoms with Crippen molar-refractivity contribution < 1.29 is 32.8 Å². The third-order valence-electron chi connectivity index (χ3n) is 4.34. The monoisotopic (exact) mass is 411 g/mol. The molecule has 1 fully saturated rings. The minimum absolute atomic E-state index is 0. The van der Waals surface area contributed by atoms with E-state index in [1.54, 1.807) is 0 Å². The van der Waals surface area contributed by atoms with Crippen LogP contribution in [0.3, 0.4) is 0 Å². The third kappa shape index (κ3) is 5.30. The van der Waals surface area contributed by atoms with Crippen molar-refractivity contribution in [1.29, 1.82) is 0 Å². The largest absolute Gasteiger partial charge is 0.481 e. The summed E-state index contributed by atoms with van der Waals surface area (Å²) in [5, 5.41) is 22.1. The van der Waals surface area contributed by atoms with Gasteiger partial charge in [-0.1, -0.05) is 6.07 Å². The number of alkyl halides is 3. The molecule has 1 aromatic rings. The molecule has 1 unspecified atom stereocenters. The number of likely N-dealkylation sites (tertiary alicyclic amines) is 1. The lowest BCUT2D eigenvalue weighted by Crippen LogP contribution is -2.41. The Kier molecular flexibility index (Phi) is 7.15. The van der Waals surface area contributed by atoms with E-state index in [0.717, 1.165) is 11.0 Å². The van der Waals surface area contributed by atoms with E-state index in [9.17, 15) is 32.9 Å². The standard InChI is InChI=1S/C15H16F3N3O5.ClH/c1-8(13(22)19-9-3-2-4-10(5-9)21(25)26)20-6-11(14(23)24)12(7-20)15(16,17)18;/h2-5,8,11-12H,6-7H2,1H3,(H,19,22)(H,23,24);1H/t8?,11-,12-;/m1./s1. The zero-order valence-corrected chi connectivity index (χ0v) is 14.8. The molecule has 1 aromatic carbocycles. The highest BCUT2D eigenvalue weighted by Crippen LogP contribution is 2.38. The van der Waals surface area contributed by atoms with Crippen molar-refractivity contribution in [3.63, 3.8) is 0 Å². The van der Waals surface area contributed by atoms with Crippen LogP contribution < -0.4 is 5.32 Å². The Bertz CT molecular complexity index is 731. The van der Waals surface area contributed by atoms with Crippen LogP contribution in [0.4, 0.5) is 24.5 Å². The number of hydrogen-bond acceptors (Lipinski definition) is 5. The number of hydrogen-bond donors (Lipinski definition) is 2. The maximum atomic E-state index is 13.0. The maximum Gasteiger partial charge on any atom is 0.393 e. The van der Waals surface area contributed by atoms with Crippen molar-refractivity contribution in [2.75, 3.05) is 18.4 Å². The van der Waals surface area contributed by atoms with Gasteiger partial charge in [0.25, 0.3) is 5.69 Å². The van der Waals surface area contributed by atoms with Crippen LogP contribution in [-0.4, -0.2) is 52.1 Å². The van der Waals surface area contributed by atoms with Crippen molar-refractivity contribution in [1.82, 2.24) is 4.90 Å². The molecule has 1 aliphatic heterocycles. The summed E-state index contributed by atoms with van der Waals surface area (Å²) in [4.78, 5) is 34.6. The predicted molar refractivity (Wildman–Crippen MR) is 90.7 cm³/mol. The predicted octanol–water partition coefficient (Wildman–Crippen LogP) is 2.54. The fraction of sp³-hybridized carbons (Fsp3) is 0.467. The fourth-order valence-corrected chi connectivity index (χ4v) is 2.84. The normalized spacial score (nSPS) is 21.2. The van der Waals surface area contributed by atoms with Gasteiger partial charge in [-0.05, 0) is 13.0 Å². The number of carbonyl (C=O) groups is 2. The maximum absolute atomic E-state index is 13.0. The highest BCUT2D eigenvalue weighted by Gasteiger charge is 2.53. The average molecular weight is 412 g/mol. The van der Waals surface area contributed by atoms with Gasteiger partial charge in [-0.15, -0.1) is 12.4 Å². The van der Waals surface area contributed by atoms with Crippen LogP contribution in [-0.2, 0) is 9.59 Å². The molecule has 0 bridgehead atoms. The lowest BCUT2D eigenvalue weighted by atomic mass is 9.96. The average Bonchev–Trinajstić information content (AvgIpc) is 3.00. The molecule has 8 nitrogen and oxygen atoms in total. The van der Waals surface area contributed by atoms with Crippen LogP contribution >= 0.6 is 12.4 Å². The number of amides is 1. The molecular weight excluding hydrogens is 395 g/mol. The Morgan fingerprint density at radius 2 is 2.00 bits per heavy atom. The summed E-state index contributed by atoms with van der Waals surface area (Å²) >= 11 is 0. The van der Waals surface area contributed by atoms with E-state index in [0.29, 0.717) is 0 Å². The zero-order chi connectivity index (χ0) is 19.6. The van der Waals surface area contributed by atoms with E-state index in [1.807, 2.05) is 0 Å². The molecule has 150 valence electrons. The van der Waals surface area contributed by atoms with Crippen LogP contribution in [0.25, 0.3) is 0 Å². The molecule has 27 heavy (non-hydrogen) atoms. The van der Waals surface area contributed by atoms with Crippen molar-refractivity contribution in [2.24, 2.45) is 11.8 Å². The van der Waals surface area contributed by atoms with Gasteiger partial charge in [0, 0.05) is 30.9 Å². The van der Waals surface area contributed by atoms with E-state index in [-0.39, 0.29) is 23.8 Å². The number of aliphatic carboxylic acids is 1. The smallest absolute Gasteiger partial charge is 0.393 e. The van der Waals surface area contributed by atoms with E-state index < -0.39 is 53.9 Å². The summed E-state index contributed by atoms with van der Waals surface area (Å²) in [5.41, 5.74) is -0.128. The van der Waals surface area contributed by atoms with Gasteiger partial charge in [0.15, 0.2) is 0 Å². The van der Waals surface area contributed by atoms with E-state index in [1.165, 1.54) is 25.1 Å². The van der Waals surface area contributed by atoms with Gasteiger partial charge >= 0.3 is 12.1 Å². The first-order valence-electron chi connectivity index (χ1n) is 7.59. The van der Waals surface area contributed by atoms with Gasteiger partial charge in [0.05, 0.1) is 22.8 Å². The number of benzene rings is 1. The second kappa shape index (κ2) is 8.53. The highest BCUT2D eigenvalue weighted by atomic mass is 35.5. The number of halogens is 4. The van der Waals surface area contributed by atoms with E-state index in [4.69, 9.17) is 5.11 Å². The number of rotatable bonds is 5. The van der Waals surface area contributed by atoms with Gasteiger partial charge in [-0.2, -0.15) is 13.2 Å². The summed E-state index contributed by atoms with van der Waals surface area (Å²) in [6.45, 7) is 0.331. The number of non-ortho nitro benzene ring substituents is 1. The van der Waals surface area contributed by atoms with Gasteiger partial charge in [-0.25, -0.2) is 0 Å². The SMILES string of the molecule is CC(C(=O)Nc1cccc([N+](=O)[O-])c1)N1C[C@@H](C(F)(F)F)[C@H](C(=O)O)C1.Cl. The Morgan fingerprint density at radius 1 is 1.37 bits per heavy atom. The molecule has 1 aliphatic rings. The molecule has 0 aliphatic carbocycles. The van der Waals surface area contributed by atoms with Gasteiger partial charge in [-0.3, -0.25) is 24.6 Å². The minimum Gasteiger partial charge on any atom is -0.481 e. The van der Waals surface area contributed by atoms with Crippen molar-refractivity contribution in [2.45, 2.75) is 19.1 Å². The Morgan fingerprint density at radius 3 is 2.48 bits per heavy atom. The number of carbonyl (C=O) groups excluding carboxylic acids is 1. The summed E-state index contributed by atoms with van der Waals surface area (Å²) in [6.07, 6.45) is -4.69. The van der Waals surface area contributed by atoms with Crippen molar-refractivity contribution >= 4 is 35.7 Å². The molecule has 0 saturated carbocycles. The van der Waals surface area contributed by atoms with Crippen LogP contribution in [0.15, 0.2) is 24.3 Å². The molecule has 0 radical (unpaired) electrons. The molecule has 0 spiro atoms. The number of carboxylic acids is 1.